The zero-order valence-electron chi connectivity index (χ0n) is 15.6. The van der Waals surface area contributed by atoms with E-state index in [9.17, 15) is 4.79 Å². The van der Waals surface area contributed by atoms with Crippen molar-refractivity contribution in [1.29, 1.82) is 0 Å². The molecule has 1 aliphatic carbocycles. The second-order valence-corrected chi connectivity index (χ2v) is 7.49. The van der Waals surface area contributed by atoms with Crippen LogP contribution in [-0.2, 0) is 9.53 Å². The average molecular weight is 333 g/mol. The van der Waals surface area contributed by atoms with Crippen LogP contribution in [0, 0.1) is 12.8 Å². The first-order valence-electron chi connectivity index (χ1n) is 8.98. The number of hydrogen-bond acceptors (Lipinski definition) is 3. The average Bonchev–Trinajstić information content (AvgIpc) is 3.02. The summed E-state index contributed by atoms with van der Waals surface area (Å²) in [7, 11) is 1.59. The minimum Gasteiger partial charge on any atom is -0.490 e. The quantitative estimate of drug-likeness (QED) is 0.786. The van der Waals surface area contributed by atoms with Crippen molar-refractivity contribution in [1.82, 2.24) is 0 Å². The summed E-state index contributed by atoms with van der Waals surface area (Å²) in [6.45, 7) is 8.03. The Morgan fingerprint density at radius 3 is 2.54 bits per heavy atom. The minimum absolute atomic E-state index is 0.109. The van der Waals surface area contributed by atoms with Gasteiger partial charge >= 0.3 is 0 Å². The van der Waals surface area contributed by atoms with Gasteiger partial charge in [0, 0.05) is 12.8 Å². The number of carbonyl (C=O) groups is 1. The molecule has 0 saturated heterocycles. The molecule has 0 spiro atoms. The third-order valence-electron chi connectivity index (χ3n) is 4.76. The third kappa shape index (κ3) is 4.73. The van der Waals surface area contributed by atoms with Gasteiger partial charge in [-0.3, -0.25) is 4.79 Å². The van der Waals surface area contributed by atoms with Crippen molar-refractivity contribution in [3.05, 3.63) is 23.8 Å². The molecule has 0 unspecified atom stereocenters. The lowest BCUT2D eigenvalue weighted by atomic mass is 9.93. The molecule has 0 heterocycles. The van der Waals surface area contributed by atoms with E-state index in [0.717, 1.165) is 29.8 Å². The van der Waals surface area contributed by atoms with Gasteiger partial charge in [0.2, 0.25) is 0 Å². The molecule has 1 saturated carbocycles. The van der Waals surface area contributed by atoms with E-state index in [1.807, 2.05) is 32.0 Å². The lowest BCUT2D eigenvalue weighted by molar-refractivity contribution is -0.137. The van der Waals surface area contributed by atoms with E-state index < -0.39 is 5.60 Å². The molecule has 24 heavy (non-hydrogen) atoms. The van der Waals surface area contributed by atoms with Gasteiger partial charge in [-0.1, -0.05) is 13.8 Å². The number of amides is 1. The minimum atomic E-state index is -0.818. The highest BCUT2D eigenvalue weighted by Gasteiger charge is 2.34. The van der Waals surface area contributed by atoms with Crippen LogP contribution in [0.2, 0.25) is 0 Å². The zero-order chi connectivity index (χ0) is 17.7. The predicted octanol–water partition coefficient (Wildman–Crippen LogP) is 4.71. The summed E-state index contributed by atoms with van der Waals surface area (Å²) in [4.78, 5) is 12.6. The number of methoxy groups -OCH3 is 1. The van der Waals surface area contributed by atoms with Gasteiger partial charge in [-0.2, -0.15) is 0 Å². The summed E-state index contributed by atoms with van der Waals surface area (Å²) in [6, 6.07) is 5.82. The van der Waals surface area contributed by atoms with Crippen LogP contribution in [0.1, 0.15) is 58.4 Å². The Hall–Kier alpha value is -1.55. The molecule has 134 valence electrons. The molecule has 0 bridgehead atoms. The van der Waals surface area contributed by atoms with Gasteiger partial charge in [0.05, 0.1) is 6.10 Å². The van der Waals surface area contributed by atoms with Crippen LogP contribution >= 0.6 is 0 Å². The number of benzene rings is 1. The monoisotopic (exact) mass is 333 g/mol. The number of anilines is 1. The summed E-state index contributed by atoms with van der Waals surface area (Å²) in [5, 5.41) is 2.98. The largest absolute Gasteiger partial charge is 0.490 e. The van der Waals surface area contributed by atoms with E-state index in [4.69, 9.17) is 9.47 Å². The normalized spacial score (nSPS) is 17.8. The highest BCUT2D eigenvalue weighted by molar-refractivity contribution is 5.97. The van der Waals surface area contributed by atoms with Crippen molar-refractivity contribution in [2.75, 3.05) is 12.4 Å². The maximum atomic E-state index is 12.6. The van der Waals surface area contributed by atoms with E-state index in [1.54, 1.807) is 7.11 Å². The van der Waals surface area contributed by atoms with Crippen LogP contribution in [0.25, 0.3) is 0 Å². The molecule has 1 fully saturated rings. The Balaban J connectivity index is 2.04. The number of nitrogens with one attached hydrogen (secondary N) is 1. The number of carbonyl (C=O) groups excluding carboxylic acids is 1. The number of rotatable bonds is 7. The predicted molar refractivity (Wildman–Crippen MR) is 97.6 cm³/mol. The van der Waals surface area contributed by atoms with Crippen LogP contribution in [0.15, 0.2) is 18.2 Å². The van der Waals surface area contributed by atoms with E-state index in [2.05, 4.69) is 19.2 Å². The molecule has 0 aromatic heterocycles. The summed E-state index contributed by atoms with van der Waals surface area (Å²) in [5.74, 6) is 1.18. The lowest BCUT2D eigenvalue weighted by Crippen LogP contribution is -2.43. The molecule has 1 aromatic rings. The molecule has 1 amide bonds. The van der Waals surface area contributed by atoms with Crippen LogP contribution in [0.4, 0.5) is 5.69 Å². The maximum Gasteiger partial charge on any atom is 0.256 e. The van der Waals surface area contributed by atoms with Crippen LogP contribution in [0.5, 0.6) is 5.75 Å². The van der Waals surface area contributed by atoms with Gasteiger partial charge in [0.15, 0.2) is 0 Å². The van der Waals surface area contributed by atoms with Crippen molar-refractivity contribution < 1.29 is 14.3 Å². The van der Waals surface area contributed by atoms with Crippen molar-refractivity contribution in [2.24, 2.45) is 5.92 Å². The number of aryl methyl sites for hydroxylation is 1. The molecular formula is C20H31NO3. The molecule has 4 nitrogen and oxygen atoms in total. The Bertz CT molecular complexity index is 564. The Labute approximate surface area is 145 Å². The summed E-state index contributed by atoms with van der Waals surface area (Å²) >= 11 is 0. The highest BCUT2D eigenvalue weighted by Crippen LogP contribution is 2.29. The standard InChI is InChI=1S/C20H31NO3/c1-14(2)13-20(4,23-5)19(22)21-16-10-11-18(15(3)12-16)24-17-8-6-7-9-17/h10-12,14,17H,6-9,13H2,1-5H3,(H,21,22)/t20-/m1/s1. The molecule has 1 atom stereocenters. The van der Waals surface area contributed by atoms with E-state index >= 15 is 0 Å². The van der Waals surface area contributed by atoms with Gasteiger partial charge in [0.1, 0.15) is 11.4 Å². The summed E-state index contributed by atoms with van der Waals surface area (Å²) in [5.41, 5.74) is 1.01. The Morgan fingerprint density at radius 1 is 1.33 bits per heavy atom. The van der Waals surface area contributed by atoms with Crippen LogP contribution in [0.3, 0.4) is 0 Å². The van der Waals surface area contributed by atoms with Gasteiger partial charge in [0.25, 0.3) is 5.91 Å². The first-order valence-corrected chi connectivity index (χ1v) is 8.98. The van der Waals surface area contributed by atoms with Gasteiger partial charge < -0.3 is 14.8 Å². The zero-order valence-corrected chi connectivity index (χ0v) is 15.6. The van der Waals surface area contributed by atoms with Crippen LogP contribution < -0.4 is 10.1 Å². The van der Waals surface area contributed by atoms with E-state index in [0.29, 0.717) is 18.4 Å². The highest BCUT2D eigenvalue weighted by atomic mass is 16.5. The summed E-state index contributed by atoms with van der Waals surface area (Å²) in [6.07, 6.45) is 5.80. The van der Waals surface area contributed by atoms with E-state index in [1.165, 1.54) is 12.8 Å². The maximum absolute atomic E-state index is 12.6. The fraction of sp³-hybridized carbons (Fsp3) is 0.650. The second-order valence-electron chi connectivity index (χ2n) is 7.49. The van der Waals surface area contributed by atoms with E-state index in [-0.39, 0.29) is 5.91 Å². The first-order chi connectivity index (χ1) is 11.3. The fourth-order valence-electron chi connectivity index (χ4n) is 3.36. The lowest BCUT2D eigenvalue weighted by Gasteiger charge is -2.28. The molecule has 1 aliphatic rings. The molecule has 1 aromatic carbocycles. The Morgan fingerprint density at radius 2 is 2.00 bits per heavy atom. The SMILES string of the molecule is CO[C@](C)(CC(C)C)C(=O)Nc1ccc(OC2CCCC2)c(C)c1. The number of hydrogen-bond donors (Lipinski definition) is 1. The number of ether oxygens (including phenoxy) is 2. The third-order valence-corrected chi connectivity index (χ3v) is 4.76. The fourth-order valence-corrected chi connectivity index (χ4v) is 3.36. The topological polar surface area (TPSA) is 47.6 Å². The first kappa shape index (κ1) is 18.8. The molecule has 1 N–H and O–H groups in total. The molecule has 4 heteroatoms. The molecular weight excluding hydrogens is 302 g/mol. The van der Waals surface area contributed by atoms with Crippen molar-refractivity contribution in [3.63, 3.8) is 0 Å². The molecule has 0 aliphatic heterocycles. The van der Waals surface area contributed by atoms with Crippen molar-refractivity contribution in [2.45, 2.75) is 71.5 Å². The molecule has 0 radical (unpaired) electrons. The molecule has 2 rings (SSSR count). The van der Waals surface area contributed by atoms with Gasteiger partial charge in [-0.15, -0.1) is 0 Å². The van der Waals surface area contributed by atoms with Gasteiger partial charge in [-0.25, -0.2) is 0 Å². The van der Waals surface area contributed by atoms with Crippen molar-refractivity contribution in [3.8, 4) is 5.75 Å². The van der Waals surface area contributed by atoms with Crippen LogP contribution in [-0.4, -0.2) is 24.7 Å². The second kappa shape index (κ2) is 8.02. The van der Waals surface area contributed by atoms with Crippen molar-refractivity contribution >= 4 is 11.6 Å². The smallest absolute Gasteiger partial charge is 0.256 e. The van der Waals surface area contributed by atoms with Gasteiger partial charge in [-0.05, 0) is 75.6 Å². The Kier molecular flexibility index (Phi) is 6.27. The summed E-state index contributed by atoms with van der Waals surface area (Å²) < 4.78 is 11.6.